The average Bonchev–Trinajstić information content (AvgIpc) is 3.75. The van der Waals surface area contributed by atoms with E-state index in [4.69, 9.17) is 28.5 Å². The summed E-state index contributed by atoms with van der Waals surface area (Å²) < 4.78 is 101. The maximum Gasteiger partial charge on any atom is 0.490 e. The number of hydrogen-bond acceptors (Lipinski definition) is 17. The van der Waals surface area contributed by atoms with Crippen molar-refractivity contribution >= 4 is 107 Å². The summed E-state index contributed by atoms with van der Waals surface area (Å²) >= 11 is 0. The molecular formula is C52H77BN3O17P3S5+. The number of nitrogens with zero attached hydrogens (tertiary/aromatic N) is 2. The second kappa shape index (κ2) is 29.5. The van der Waals surface area contributed by atoms with Gasteiger partial charge >= 0.3 is 23.5 Å². The number of fused-ring (bicyclic) bond motifs is 2. The zero-order valence-corrected chi connectivity index (χ0v) is 54.3. The van der Waals surface area contributed by atoms with E-state index in [9.17, 15) is 41.2 Å². The number of amides is 1. The molecule has 29 heteroatoms. The van der Waals surface area contributed by atoms with Gasteiger partial charge in [0.05, 0.1) is 23.0 Å². The lowest BCUT2D eigenvalue weighted by Gasteiger charge is -2.25. The Morgan fingerprint density at radius 1 is 0.926 bits per heavy atom. The zero-order valence-electron chi connectivity index (χ0n) is 47.6. The molecule has 2 unspecified atom stereocenters. The van der Waals surface area contributed by atoms with Crippen LogP contribution < -0.4 is 10.2 Å². The Morgan fingerprint density at radius 2 is 1.64 bits per heavy atom. The van der Waals surface area contributed by atoms with Crippen LogP contribution in [0.15, 0.2) is 77.4 Å². The van der Waals surface area contributed by atoms with Gasteiger partial charge in [-0.2, -0.15) is 27.4 Å². The summed E-state index contributed by atoms with van der Waals surface area (Å²) in [5.74, 6) is 6.35. The molecule has 3 aliphatic rings. The average molecular weight is 1280 g/mol. The first kappa shape index (κ1) is 69.6. The summed E-state index contributed by atoms with van der Waals surface area (Å²) in [4.78, 5) is 52.1. The normalized spacial score (nSPS) is 21.1. The van der Waals surface area contributed by atoms with Crippen LogP contribution in [0.25, 0.3) is 0 Å². The Kier molecular flexibility index (Phi) is 25.3. The third-order valence-electron chi connectivity index (χ3n) is 12.9. The second-order valence-electron chi connectivity index (χ2n) is 22.0. The summed E-state index contributed by atoms with van der Waals surface area (Å²) in [7, 11) is -13.3. The van der Waals surface area contributed by atoms with E-state index in [0.717, 1.165) is 42.8 Å². The van der Waals surface area contributed by atoms with Crippen molar-refractivity contribution in [3.05, 3.63) is 89.2 Å². The molecule has 449 valence electrons. The van der Waals surface area contributed by atoms with Crippen LogP contribution in [0.5, 0.6) is 0 Å². The molecule has 20 nitrogen and oxygen atoms in total. The fourth-order valence-corrected chi connectivity index (χ4v) is 16.8. The molecule has 2 aromatic carbocycles. The van der Waals surface area contributed by atoms with Crippen LogP contribution in [0.3, 0.4) is 0 Å². The van der Waals surface area contributed by atoms with Crippen molar-refractivity contribution in [1.29, 1.82) is 0 Å². The number of allylic oxidation sites excluding steroid dienone is 6. The molecule has 0 bridgehead atoms. The number of aryl methyl sites for hydroxylation is 1. The number of unbranched alkanes of at least 4 members (excludes halogenated alkanes) is 2. The quantitative estimate of drug-likeness (QED) is 0.00488. The van der Waals surface area contributed by atoms with Gasteiger partial charge in [0, 0.05) is 75.9 Å². The lowest BCUT2D eigenvalue weighted by atomic mass is 9.71. The van der Waals surface area contributed by atoms with E-state index in [-0.39, 0.29) is 44.7 Å². The van der Waals surface area contributed by atoms with Gasteiger partial charge in [-0.25, -0.2) is 13.7 Å². The molecule has 0 spiro atoms. The fraction of sp³-hybridized carbons (Fsp3) is 0.577. The number of carbonyl (C=O) groups is 1. The molecule has 1 radical (unpaired) electrons. The highest BCUT2D eigenvalue weighted by Crippen LogP contribution is 2.66. The van der Waals surface area contributed by atoms with Gasteiger partial charge in [-0.3, -0.25) is 13.9 Å². The van der Waals surface area contributed by atoms with Crippen molar-refractivity contribution in [3.8, 4) is 11.7 Å². The Morgan fingerprint density at radius 3 is 2.32 bits per heavy atom. The number of phosphoric acid groups is 3. The Labute approximate surface area is 494 Å². The molecule has 3 aliphatic heterocycles. The van der Waals surface area contributed by atoms with Gasteiger partial charge in [-0.15, -0.1) is 0 Å². The van der Waals surface area contributed by atoms with Gasteiger partial charge in [0.25, 0.3) is 17.4 Å². The fourth-order valence-electron chi connectivity index (χ4n) is 9.17. The number of anilines is 1. The molecule has 1 fully saturated rings. The van der Waals surface area contributed by atoms with Crippen molar-refractivity contribution in [2.75, 3.05) is 49.6 Å². The summed E-state index contributed by atoms with van der Waals surface area (Å²) in [5.41, 5.74) is 6.89. The SMILES string of the molecule is CCN1\C(=C/C=C/C=C/C2=[N+](CCCCCC(=O)NCC(C)(C)SSCOCC#C[B][C@H]3C[C@@H](OCSSC(C)(C)C)[C@@H](COP(=O)(O)OP(=O)(O)OP(=O)(O)O)O3)c3ccc(C)cc3C2(C)C)C(C)(C)c2cc(S(=O)(=O)O)ccc21. The zero-order chi connectivity index (χ0) is 60.2. The van der Waals surface area contributed by atoms with Crippen LogP contribution in [0.4, 0.5) is 11.4 Å². The van der Waals surface area contributed by atoms with Crippen LogP contribution >= 0.6 is 66.6 Å². The predicted octanol–water partition coefficient (Wildman–Crippen LogP) is 10.9. The van der Waals surface area contributed by atoms with Gasteiger partial charge in [0.1, 0.15) is 31.1 Å². The number of ether oxygens (including phenoxy) is 3. The van der Waals surface area contributed by atoms with E-state index in [1.54, 1.807) is 41.0 Å². The third kappa shape index (κ3) is 21.6. The van der Waals surface area contributed by atoms with Crippen LogP contribution in [0, 0.1) is 18.7 Å². The molecule has 3 heterocycles. The van der Waals surface area contributed by atoms with E-state index < -0.39 is 63.8 Å². The molecule has 6 N–H and O–H groups in total. The standard InChI is InChI=1S/C52H76BN3O17P3S5/c1-12-55-41-26-24-38(81(65,66)67)31-40(41)52(10,11)45(55)20-15-13-16-21-46-51(8,9)39-30-37(2)23-25-42(39)56(46)28-18-14-17-22-48(57)54-34-50(6,7)80-77-35-68-29-19-27-53-47-32-43(69-36-78-79-49(3,4)5)44(71-47)33-70-75(61,62)73-76(63,64)72-74(58,59)60/h13,15-16,20-21,23-26,30-31,43-44,47H,12,14,17-18,22,28-29,32-36H2,1-11H3,(H5-,54,57,58,59,60,61,62,63,64,65,66,67)/p+1/t43-,44-,47-/m1/s1. The lowest BCUT2D eigenvalue weighted by Crippen LogP contribution is -2.35. The van der Waals surface area contributed by atoms with E-state index in [2.05, 4.69) is 113 Å². The highest BCUT2D eigenvalue weighted by Gasteiger charge is 2.46. The number of likely N-dealkylation sites (N-methyl/N-ethyl adjacent to an activating group) is 1. The number of benzene rings is 2. The topological polar surface area (TPSA) is 277 Å². The first-order valence-electron chi connectivity index (χ1n) is 26.1. The van der Waals surface area contributed by atoms with Gasteiger partial charge in [-0.1, -0.05) is 114 Å². The molecule has 81 heavy (non-hydrogen) atoms. The van der Waals surface area contributed by atoms with Crippen molar-refractivity contribution in [3.63, 3.8) is 0 Å². The first-order valence-corrected chi connectivity index (χ1v) is 36.7. The summed E-state index contributed by atoms with van der Waals surface area (Å²) in [6.07, 6.45) is 12.0. The Balaban J connectivity index is 1.04. The molecule has 5 atom stereocenters. The van der Waals surface area contributed by atoms with Crippen molar-refractivity contribution in [1.82, 2.24) is 5.32 Å². The Hall–Kier alpha value is -2.18. The molecule has 1 saturated heterocycles. The number of phosphoric ester groups is 1. The van der Waals surface area contributed by atoms with E-state index in [0.29, 0.717) is 25.4 Å². The molecule has 1 amide bonds. The lowest BCUT2D eigenvalue weighted by molar-refractivity contribution is -0.438. The summed E-state index contributed by atoms with van der Waals surface area (Å²) in [6, 6.07) is 10.8. The summed E-state index contributed by atoms with van der Waals surface area (Å²) in [6.45, 7) is 24.4. The summed E-state index contributed by atoms with van der Waals surface area (Å²) in [5, 5.41) is 3.09. The van der Waals surface area contributed by atoms with Gasteiger partial charge < -0.3 is 44.0 Å². The highest BCUT2D eigenvalue weighted by molar-refractivity contribution is 8.77. The molecule has 0 aliphatic carbocycles. The Bertz CT molecular complexity index is 3010. The minimum absolute atomic E-state index is 0.000489. The largest absolute Gasteiger partial charge is 0.490 e. The molecule has 0 aromatic heterocycles. The molecule has 2 aromatic rings. The molecule has 5 rings (SSSR count). The van der Waals surface area contributed by atoms with Gasteiger partial charge in [0.15, 0.2) is 5.71 Å². The van der Waals surface area contributed by atoms with Crippen molar-refractivity contribution in [2.24, 2.45) is 0 Å². The minimum atomic E-state index is -5.69. The number of nitrogens with one attached hydrogen (secondary N) is 1. The van der Waals surface area contributed by atoms with Crippen molar-refractivity contribution in [2.45, 2.75) is 152 Å². The van der Waals surface area contributed by atoms with Crippen LogP contribution in [-0.2, 0) is 66.8 Å². The number of rotatable bonds is 30. The first-order chi connectivity index (χ1) is 37.5. The second-order valence-corrected chi connectivity index (χ2v) is 33.8. The highest BCUT2D eigenvalue weighted by atomic mass is 33.1. The van der Waals surface area contributed by atoms with Crippen molar-refractivity contribution < 1.29 is 83.0 Å². The number of hydrogen-bond donors (Lipinski definition) is 6. The van der Waals surface area contributed by atoms with Crippen LogP contribution in [-0.4, -0.2) is 128 Å². The maximum atomic E-state index is 13.0. The van der Waals surface area contributed by atoms with E-state index >= 15 is 0 Å². The third-order valence-corrected chi connectivity index (χ3v) is 23.5. The smallest absolute Gasteiger partial charge is 0.377 e. The van der Waals surface area contributed by atoms with E-state index in [1.807, 2.05) is 46.8 Å². The van der Waals surface area contributed by atoms with Crippen LogP contribution in [0.1, 0.15) is 118 Å². The molecule has 0 saturated carbocycles. The van der Waals surface area contributed by atoms with Gasteiger partial charge in [0.2, 0.25) is 11.6 Å². The van der Waals surface area contributed by atoms with Crippen LogP contribution in [0.2, 0.25) is 0 Å². The molecular weight excluding hydrogens is 1200 g/mol. The predicted molar refractivity (Wildman–Crippen MR) is 326 cm³/mol. The minimum Gasteiger partial charge on any atom is -0.377 e. The number of carbonyl (C=O) groups excluding carboxylic acids is 1. The van der Waals surface area contributed by atoms with Gasteiger partial charge in [-0.05, 0) is 96.7 Å². The monoisotopic (exact) mass is 1280 g/mol. The van der Waals surface area contributed by atoms with E-state index in [1.165, 1.54) is 50.2 Å². The maximum absolute atomic E-state index is 13.0.